The van der Waals surface area contributed by atoms with Crippen LogP contribution in [0.15, 0.2) is 0 Å². The quantitative estimate of drug-likeness (QED) is 0.780. The Morgan fingerprint density at radius 2 is 1.61 bits per heavy atom. The molecule has 1 unspecified atom stereocenters. The van der Waals surface area contributed by atoms with Crippen LogP contribution < -0.4 is 5.32 Å². The molecule has 0 spiro atoms. The summed E-state index contributed by atoms with van der Waals surface area (Å²) in [6.07, 6.45) is 5.61. The maximum Gasteiger partial charge on any atom is 0.0243 e. The highest BCUT2D eigenvalue weighted by atomic mass is 15.2. The van der Waals surface area contributed by atoms with Crippen molar-refractivity contribution >= 4 is 0 Å². The van der Waals surface area contributed by atoms with Gasteiger partial charge in [-0.05, 0) is 44.6 Å². The van der Waals surface area contributed by atoms with Crippen molar-refractivity contribution in [2.75, 3.05) is 13.6 Å². The van der Waals surface area contributed by atoms with Crippen LogP contribution in [0.1, 0.15) is 60.3 Å². The van der Waals surface area contributed by atoms with Gasteiger partial charge < -0.3 is 5.32 Å². The van der Waals surface area contributed by atoms with Gasteiger partial charge in [0, 0.05) is 24.7 Å². The Hall–Kier alpha value is -0.0800. The van der Waals surface area contributed by atoms with E-state index in [4.69, 9.17) is 0 Å². The molecule has 0 aromatic carbocycles. The highest BCUT2D eigenvalue weighted by Crippen LogP contribution is 2.28. The monoisotopic (exact) mass is 254 g/mol. The SMILES string of the molecule is CC1CCC(N(C)C(CNC(C)C)C(C)C)CC1. The van der Waals surface area contributed by atoms with Gasteiger partial charge in [0.25, 0.3) is 0 Å². The van der Waals surface area contributed by atoms with Gasteiger partial charge in [0.15, 0.2) is 0 Å². The van der Waals surface area contributed by atoms with Crippen molar-refractivity contribution < 1.29 is 0 Å². The summed E-state index contributed by atoms with van der Waals surface area (Å²) in [6.45, 7) is 12.7. The Morgan fingerprint density at radius 1 is 1.06 bits per heavy atom. The fraction of sp³-hybridized carbons (Fsp3) is 1.00. The van der Waals surface area contributed by atoms with E-state index in [9.17, 15) is 0 Å². The molecule has 108 valence electrons. The summed E-state index contributed by atoms with van der Waals surface area (Å²) in [5.41, 5.74) is 0. The van der Waals surface area contributed by atoms with Crippen LogP contribution >= 0.6 is 0 Å². The Morgan fingerprint density at radius 3 is 2.06 bits per heavy atom. The third-order valence-electron chi connectivity index (χ3n) is 4.59. The van der Waals surface area contributed by atoms with Crippen LogP contribution in [0.4, 0.5) is 0 Å². The average Bonchev–Trinajstić information content (AvgIpc) is 2.29. The molecule has 0 radical (unpaired) electrons. The van der Waals surface area contributed by atoms with E-state index in [0.29, 0.717) is 12.1 Å². The number of rotatable bonds is 6. The van der Waals surface area contributed by atoms with Crippen molar-refractivity contribution in [2.45, 2.75) is 78.4 Å². The zero-order valence-corrected chi connectivity index (χ0v) is 13.4. The first kappa shape index (κ1) is 16.0. The molecule has 0 aromatic heterocycles. The van der Waals surface area contributed by atoms with Gasteiger partial charge in [-0.2, -0.15) is 0 Å². The van der Waals surface area contributed by atoms with Crippen LogP contribution in [0.25, 0.3) is 0 Å². The number of likely N-dealkylation sites (N-methyl/N-ethyl adjacent to an activating group) is 1. The predicted octanol–water partition coefficient (Wildman–Crippen LogP) is 3.52. The summed E-state index contributed by atoms with van der Waals surface area (Å²) in [7, 11) is 2.34. The van der Waals surface area contributed by atoms with Crippen molar-refractivity contribution in [1.29, 1.82) is 0 Å². The first-order valence-electron chi connectivity index (χ1n) is 7.87. The minimum absolute atomic E-state index is 0.589. The van der Waals surface area contributed by atoms with Crippen molar-refractivity contribution in [3.05, 3.63) is 0 Å². The van der Waals surface area contributed by atoms with Gasteiger partial charge in [-0.15, -0.1) is 0 Å². The number of hydrogen-bond donors (Lipinski definition) is 1. The highest BCUT2D eigenvalue weighted by Gasteiger charge is 2.28. The standard InChI is InChI=1S/C16H34N2/c1-12(2)16(11-17-13(3)4)18(6)15-9-7-14(5)8-10-15/h12-17H,7-11H2,1-6H3. The van der Waals surface area contributed by atoms with Crippen LogP contribution in [0.2, 0.25) is 0 Å². The predicted molar refractivity (Wildman–Crippen MR) is 80.9 cm³/mol. The van der Waals surface area contributed by atoms with Gasteiger partial charge in [-0.3, -0.25) is 4.90 Å². The van der Waals surface area contributed by atoms with Crippen molar-refractivity contribution in [1.82, 2.24) is 10.2 Å². The molecule has 1 N–H and O–H groups in total. The summed E-state index contributed by atoms with van der Waals surface area (Å²) in [5, 5.41) is 3.61. The topological polar surface area (TPSA) is 15.3 Å². The van der Waals surface area contributed by atoms with E-state index < -0.39 is 0 Å². The second kappa shape index (κ2) is 7.49. The highest BCUT2D eigenvalue weighted by molar-refractivity contribution is 4.84. The maximum absolute atomic E-state index is 3.61. The van der Waals surface area contributed by atoms with Crippen LogP contribution in [0.3, 0.4) is 0 Å². The van der Waals surface area contributed by atoms with Gasteiger partial charge in [0.2, 0.25) is 0 Å². The molecule has 0 aromatic rings. The molecule has 0 aliphatic heterocycles. The molecule has 18 heavy (non-hydrogen) atoms. The van der Waals surface area contributed by atoms with E-state index in [-0.39, 0.29) is 0 Å². The van der Waals surface area contributed by atoms with Gasteiger partial charge in [-0.25, -0.2) is 0 Å². The van der Waals surface area contributed by atoms with E-state index in [1.165, 1.54) is 25.7 Å². The molecule has 1 fully saturated rings. The minimum atomic E-state index is 0.589. The second-order valence-corrected chi connectivity index (χ2v) is 6.95. The minimum Gasteiger partial charge on any atom is -0.313 e. The molecule has 2 heteroatoms. The molecule has 0 amide bonds. The van der Waals surface area contributed by atoms with Crippen molar-refractivity contribution in [2.24, 2.45) is 11.8 Å². The molecule has 1 aliphatic rings. The molecule has 0 saturated heterocycles. The summed E-state index contributed by atoms with van der Waals surface area (Å²) in [4.78, 5) is 2.66. The molecule has 1 rings (SSSR count). The molecule has 0 heterocycles. The van der Waals surface area contributed by atoms with Gasteiger partial charge in [0.05, 0.1) is 0 Å². The first-order chi connectivity index (χ1) is 8.41. The Balaban J connectivity index is 2.50. The second-order valence-electron chi connectivity index (χ2n) is 6.95. The molecule has 1 saturated carbocycles. The van der Waals surface area contributed by atoms with Gasteiger partial charge >= 0.3 is 0 Å². The zero-order chi connectivity index (χ0) is 13.7. The molecular formula is C16H34N2. The molecular weight excluding hydrogens is 220 g/mol. The van der Waals surface area contributed by atoms with Crippen LogP contribution in [-0.4, -0.2) is 36.6 Å². The lowest BCUT2D eigenvalue weighted by molar-refractivity contribution is 0.0950. The average molecular weight is 254 g/mol. The lowest BCUT2D eigenvalue weighted by Crippen LogP contribution is -2.50. The van der Waals surface area contributed by atoms with Gasteiger partial charge in [0.1, 0.15) is 0 Å². The normalized spacial score (nSPS) is 27.2. The van der Waals surface area contributed by atoms with Crippen molar-refractivity contribution in [3.8, 4) is 0 Å². The first-order valence-corrected chi connectivity index (χ1v) is 7.87. The Bertz CT molecular complexity index is 217. The smallest absolute Gasteiger partial charge is 0.0243 e. The lowest BCUT2D eigenvalue weighted by atomic mass is 9.85. The van der Waals surface area contributed by atoms with Gasteiger partial charge in [-0.1, -0.05) is 34.6 Å². The molecule has 0 bridgehead atoms. The largest absolute Gasteiger partial charge is 0.313 e. The number of nitrogens with one attached hydrogen (secondary N) is 1. The summed E-state index contributed by atoms with van der Waals surface area (Å²) < 4.78 is 0. The van der Waals surface area contributed by atoms with Crippen LogP contribution in [0.5, 0.6) is 0 Å². The zero-order valence-electron chi connectivity index (χ0n) is 13.4. The third-order valence-corrected chi connectivity index (χ3v) is 4.59. The lowest BCUT2D eigenvalue weighted by Gasteiger charge is -2.40. The van der Waals surface area contributed by atoms with E-state index >= 15 is 0 Å². The van der Waals surface area contributed by atoms with Crippen molar-refractivity contribution in [3.63, 3.8) is 0 Å². The molecule has 2 nitrogen and oxygen atoms in total. The van der Waals surface area contributed by atoms with E-state index in [1.54, 1.807) is 0 Å². The Labute approximate surface area is 115 Å². The third kappa shape index (κ3) is 4.89. The van der Waals surface area contributed by atoms with E-state index in [2.05, 4.69) is 51.9 Å². The molecule has 1 atom stereocenters. The van der Waals surface area contributed by atoms with Crippen LogP contribution in [-0.2, 0) is 0 Å². The summed E-state index contributed by atoms with van der Waals surface area (Å²) >= 11 is 0. The van der Waals surface area contributed by atoms with E-state index in [1.807, 2.05) is 0 Å². The summed E-state index contributed by atoms with van der Waals surface area (Å²) in [5.74, 6) is 1.67. The number of hydrogen-bond acceptors (Lipinski definition) is 2. The fourth-order valence-corrected chi connectivity index (χ4v) is 3.13. The maximum atomic E-state index is 3.61. The van der Waals surface area contributed by atoms with Crippen LogP contribution in [0, 0.1) is 11.8 Å². The Kier molecular flexibility index (Phi) is 6.65. The van der Waals surface area contributed by atoms with E-state index in [0.717, 1.165) is 24.4 Å². The number of nitrogens with zero attached hydrogens (tertiary/aromatic N) is 1. The fourth-order valence-electron chi connectivity index (χ4n) is 3.13. The summed E-state index contributed by atoms with van der Waals surface area (Å²) in [6, 6.07) is 2.07. The molecule has 1 aliphatic carbocycles.